The van der Waals surface area contributed by atoms with Crippen LogP contribution in [0.3, 0.4) is 0 Å². The Labute approximate surface area is 110 Å². The van der Waals surface area contributed by atoms with Crippen molar-refractivity contribution in [1.29, 1.82) is 0 Å². The van der Waals surface area contributed by atoms with Crippen LogP contribution in [-0.4, -0.2) is 47.8 Å². The van der Waals surface area contributed by atoms with Crippen molar-refractivity contribution in [3.05, 3.63) is 0 Å². The average molecular weight is 282 g/mol. The van der Waals surface area contributed by atoms with Gasteiger partial charge in [-0.2, -0.15) is 24.9 Å². The summed E-state index contributed by atoms with van der Waals surface area (Å²) in [6, 6.07) is 0. The highest BCUT2D eigenvalue weighted by molar-refractivity contribution is 7.99. The molecule has 2 nitrogen and oxygen atoms in total. The van der Waals surface area contributed by atoms with Gasteiger partial charge >= 0.3 is 6.18 Å². The molecule has 1 saturated heterocycles. The predicted molar refractivity (Wildman–Crippen MR) is 68.7 cm³/mol. The highest BCUT2D eigenvalue weighted by atomic mass is 32.2. The minimum atomic E-state index is -4.03. The zero-order valence-electron chi connectivity index (χ0n) is 10.5. The predicted octanol–water partition coefficient (Wildman–Crippen LogP) is 2.49. The van der Waals surface area contributed by atoms with Crippen molar-refractivity contribution in [3.8, 4) is 0 Å². The summed E-state index contributed by atoms with van der Waals surface area (Å²) < 4.78 is 38.1. The van der Waals surface area contributed by atoms with Gasteiger partial charge in [-0.15, -0.1) is 0 Å². The van der Waals surface area contributed by atoms with E-state index >= 15 is 0 Å². The van der Waals surface area contributed by atoms with Gasteiger partial charge in [0.1, 0.15) is 0 Å². The van der Waals surface area contributed by atoms with Crippen LogP contribution in [0.25, 0.3) is 0 Å². The molecule has 1 aliphatic heterocycles. The first-order valence-electron chi connectivity index (χ1n) is 6.57. The fourth-order valence-electron chi connectivity index (χ4n) is 3.17. The van der Waals surface area contributed by atoms with Gasteiger partial charge in [0, 0.05) is 36.7 Å². The Morgan fingerprint density at radius 3 is 2.17 bits per heavy atom. The van der Waals surface area contributed by atoms with Crippen molar-refractivity contribution in [2.75, 3.05) is 31.1 Å². The van der Waals surface area contributed by atoms with Crippen LogP contribution in [0.15, 0.2) is 0 Å². The fraction of sp³-hybridized carbons (Fsp3) is 1.00. The second-order valence-electron chi connectivity index (χ2n) is 5.34. The van der Waals surface area contributed by atoms with E-state index in [1.807, 2.05) is 11.8 Å². The molecule has 0 aromatic rings. The first kappa shape index (κ1) is 14.5. The molecule has 0 unspecified atom stereocenters. The van der Waals surface area contributed by atoms with Crippen molar-refractivity contribution in [1.82, 2.24) is 4.90 Å². The lowest BCUT2D eigenvalue weighted by atomic mass is 9.75. The Hall–Kier alpha value is 0.0600. The van der Waals surface area contributed by atoms with E-state index in [1.54, 1.807) is 0 Å². The first-order chi connectivity index (χ1) is 8.48. The van der Waals surface area contributed by atoms with Crippen molar-refractivity contribution in [2.45, 2.75) is 37.4 Å². The van der Waals surface area contributed by atoms with E-state index in [9.17, 15) is 13.2 Å². The Morgan fingerprint density at radius 2 is 1.72 bits per heavy atom. The third-order valence-corrected chi connectivity index (χ3v) is 5.38. The highest BCUT2D eigenvalue weighted by Crippen LogP contribution is 2.43. The standard InChI is InChI=1S/C12H21F3N2S/c13-12(14,15)10-1-3-11(9-16,4-2-10)17-5-7-18-8-6-17/h10H,1-9,16H2. The van der Waals surface area contributed by atoms with Crippen LogP contribution in [-0.2, 0) is 0 Å². The Balaban J connectivity index is 1.99. The van der Waals surface area contributed by atoms with Crippen LogP contribution in [0.4, 0.5) is 13.2 Å². The molecule has 2 aliphatic rings. The van der Waals surface area contributed by atoms with Gasteiger partial charge in [0.05, 0.1) is 5.92 Å². The van der Waals surface area contributed by atoms with Crippen molar-refractivity contribution < 1.29 is 13.2 Å². The second kappa shape index (κ2) is 5.59. The maximum atomic E-state index is 12.7. The van der Waals surface area contributed by atoms with E-state index in [0.29, 0.717) is 19.4 Å². The number of nitrogens with two attached hydrogens (primary N) is 1. The molecular formula is C12H21F3N2S. The first-order valence-corrected chi connectivity index (χ1v) is 7.73. The molecule has 1 aliphatic carbocycles. The normalized spacial score (nSPS) is 35.7. The third-order valence-electron chi connectivity index (χ3n) is 4.44. The van der Waals surface area contributed by atoms with Crippen molar-refractivity contribution >= 4 is 11.8 Å². The quantitative estimate of drug-likeness (QED) is 0.844. The Morgan fingerprint density at radius 1 is 1.17 bits per heavy atom. The zero-order valence-corrected chi connectivity index (χ0v) is 11.3. The minimum absolute atomic E-state index is 0.164. The maximum absolute atomic E-state index is 12.7. The minimum Gasteiger partial charge on any atom is -0.329 e. The van der Waals surface area contributed by atoms with E-state index in [2.05, 4.69) is 4.90 Å². The molecule has 0 radical (unpaired) electrons. The summed E-state index contributed by atoms with van der Waals surface area (Å²) in [7, 11) is 0. The molecule has 1 saturated carbocycles. The SMILES string of the molecule is NCC1(N2CCSCC2)CCC(C(F)(F)F)CC1. The molecule has 0 atom stereocenters. The number of thioether (sulfide) groups is 1. The van der Waals surface area contributed by atoms with Crippen LogP contribution in [0.1, 0.15) is 25.7 Å². The molecule has 2 rings (SSSR count). The summed E-state index contributed by atoms with van der Waals surface area (Å²) in [4.78, 5) is 2.34. The van der Waals surface area contributed by atoms with Crippen LogP contribution in [0.2, 0.25) is 0 Å². The molecule has 2 fully saturated rings. The van der Waals surface area contributed by atoms with E-state index in [-0.39, 0.29) is 18.4 Å². The van der Waals surface area contributed by atoms with E-state index in [1.165, 1.54) is 0 Å². The van der Waals surface area contributed by atoms with Crippen LogP contribution >= 0.6 is 11.8 Å². The van der Waals surface area contributed by atoms with Gasteiger partial charge in [0.15, 0.2) is 0 Å². The summed E-state index contributed by atoms with van der Waals surface area (Å²) in [6.07, 6.45) is -2.36. The van der Waals surface area contributed by atoms with Crippen LogP contribution in [0, 0.1) is 5.92 Å². The van der Waals surface area contributed by atoms with Crippen LogP contribution in [0.5, 0.6) is 0 Å². The molecule has 2 N–H and O–H groups in total. The zero-order chi connectivity index (χ0) is 13.2. The highest BCUT2D eigenvalue weighted by Gasteiger charge is 2.47. The van der Waals surface area contributed by atoms with Gasteiger partial charge < -0.3 is 5.73 Å². The maximum Gasteiger partial charge on any atom is 0.391 e. The fourth-order valence-corrected chi connectivity index (χ4v) is 4.07. The lowest BCUT2D eigenvalue weighted by Crippen LogP contribution is -2.58. The number of nitrogens with zero attached hydrogens (tertiary/aromatic N) is 1. The van der Waals surface area contributed by atoms with E-state index in [4.69, 9.17) is 5.73 Å². The smallest absolute Gasteiger partial charge is 0.329 e. The molecule has 106 valence electrons. The largest absolute Gasteiger partial charge is 0.391 e. The Kier molecular flexibility index (Phi) is 4.49. The molecule has 18 heavy (non-hydrogen) atoms. The second-order valence-corrected chi connectivity index (χ2v) is 6.57. The van der Waals surface area contributed by atoms with Gasteiger partial charge in [-0.05, 0) is 25.7 Å². The van der Waals surface area contributed by atoms with Gasteiger partial charge in [0.25, 0.3) is 0 Å². The van der Waals surface area contributed by atoms with Gasteiger partial charge in [-0.25, -0.2) is 0 Å². The molecule has 0 bridgehead atoms. The molecule has 0 aromatic carbocycles. The summed E-state index contributed by atoms with van der Waals surface area (Å²) >= 11 is 1.91. The van der Waals surface area contributed by atoms with Gasteiger partial charge in [-0.3, -0.25) is 4.90 Å². The summed E-state index contributed by atoms with van der Waals surface area (Å²) in [5, 5.41) is 0. The Bertz CT molecular complexity index is 269. The number of halogens is 3. The van der Waals surface area contributed by atoms with E-state index in [0.717, 1.165) is 24.6 Å². The van der Waals surface area contributed by atoms with Crippen molar-refractivity contribution in [3.63, 3.8) is 0 Å². The molecule has 0 spiro atoms. The lowest BCUT2D eigenvalue weighted by molar-refractivity contribution is -0.188. The summed E-state index contributed by atoms with van der Waals surface area (Å²) in [5.74, 6) is 1.03. The number of hydrogen-bond donors (Lipinski definition) is 1. The monoisotopic (exact) mass is 282 g/mol. The average Bonchev–Trinajstić information content (AvgIpc) is 2.39. The summed E-state index contributed by atoms with van der Waals surface area (Å²) in [5.41, 5.74) is 5.73. The van der Waals surface area contributed by atoms with Gasteiger partial charge in [0.2, 0.25) is 0 Å². The molecule has 0 aromatic heterocycles. The van der Waals surface area contributed by atoms with Gasteiger partial charge in [-0.1, -0.05) is 0 Å². The molecule has 0 amide bonds. The molecule has 6 heteroatoms. The topological polar surface area (TPSA) is 29.3 Å². The molecular weight excluding hydrogens is 261 g/mol. The number of hydrogen-bond acceptors (Lipinski definition) is 3. The van der Waals surface area contributed by atoms with Crippen molar-refractivity contribution in [2.24, 2.45) is 11.7 Å². The summed E-state index contributed by atoms with van der Waals surface area (Å²) in [6.45, 7) is 2.43. The third kappa shape index (κ3) is 2.96. The van der Waals surface area contributed by atoms with E-state index < -0.39 is 12.1 Å². The van der Waals surface area contributed by atoms with Crippen LogP contribution < -0.4 is 5.73 Å². The number of alkyl halides is 3. The number of rotatable bonds is 2. The molecule has 1 heterocycles. The lowest BCUT2D eigenvalue weighted by Gasteiger charge is -2.49.